The highest BCUT2D eigenvalue weighted by molar-refractivity contribution is 7.94. The molecule has 8 heteroatoms. The van der Waals surface area contributed by atoms with Gasteiger partial charge in [0.2, 0.25) is 0 Å². The molecule has 0 unspecified atom stereocenters. The van der Waals surface area contributed by atoms with Crippen molar-refractivity contribution >= 4 is 38.6 Å². The Morgan fingerprint density at radius 3 is 2.71 bits per heavy atom. The number of para-hydroxylation sites is 1. The van der Waals surface area contributed by atoms with Gasteiger partial charge in [-0.1, -0.05) is 41.1 Å². The molecule has 0 bridgehead atoms. The second-order valence-corrected chi connectivity index (χ2v) is 7.80. The number of sulfonamides is 1. The minimum Gasteiger partial charge on any atom is -0.384 e. The number of benzene rings is 1. The molecular weight excluding hydrogens is 332 g/mol. The van der Waals surface area contributed by atoms with Crippen molar-refractivity contribution in [3.63, 3.8) is 0 Å². The number of thiazole rings is 1. The zero-order valence-electron chi connectivity index (χ0n) is 11.6. The summed E-state index contributed by atoms with van der Waals surface area (Å²) in [5, 5.41) is 0. The Kier molecular flexibility index (Phi) is 5.21. The molecule has 0 amide bonds. The Morgan fingerprint density at radius 2 is 2.10 bits per heavy atom. The van der Waals surface area contributed by atoms with E-state index in [9.17, 15) is 8.42 Å². The molecule has 5 nitrogen and oxygen atoms in total. The molecule has 0 saturated carbocycles. The molecule has 0 spiro atoms. The van der Waals surface area contributed by atoms with Crippen LogP contribution in [0.5, 0.6) is 0 Å². The van der Waals surface area contributed by atoms with Crippen LogP contribution in [0.3, 0.4) is 0 Å². The van der Waals surface area contributed by atoms with Gasteiger partial charge in [0.05, 0.1) is 18.0 Å². The number of aryl methyl sites for hydroxylation is 1. The molecule has 2 rings (SSSR count). The quantitative estimate of drug-likeness (QED) is 0.872. The number of hydrogen-bond donors (Lipinski definition) is 1. The van der Waals surface area contributed by atoms with Gasteiger partial charge in [0.25, 0.3) is 10.0 Å². The first-order valence-electron chi connectivity index (χ1n) is 6.16. The zero-order chi connectivity index (χ0) is 15.5. The van der Waals surface area contributed by atoms with Crippen LogP contribution in [0.25, 0.3) is 0 Å². The van der Waals surface area contributed by atoms with E-state index in [-0.39, 0.29) is 8.68 Å². The summed E-state index contributed by atoms with van der Waals surface area (Å²) in [6.45, 7) is 2.14. The minimum absolute atomic E-state index is 0.133. The van der Waals surface area contributed by atoms with Crippen LogP contribution >= 0.6 is 22.9 Å². The summed E-state index contributed by atoms with van der Waals surface area (Å²) in [6.07, 6.45) is 0.623. The van der Waals surface area contributed by atoms with Crippen molar-refractivity contribution in [2.45, 2.75) is 17.6 Å². The molecule has 0 atom stereocenters. The zero-order valence-corrected chi connectivity index (χ0v) is 14.0. The summed E-state index contributed by atoms with van der Waals surface area (Å²) in [7, 11) is -2.08. The molecule has 1 aromatic carbocycles. The van der Waals surface area contributed by atoms with Gasteiger partial charge in [0.1, 0.15) is 0 Å². The van der Waals surface area contributed by atoms with E-state index in [1.54, 1.807) is 26.2 Å². The number of hydrogen-bond acceptors (Lipinski definition) is 5. The highest BCUT2D eigenvalue weighted by Gasteiger charge is 2.22. The maximum atomic E-state index is 12.4. The van der Waals surface area contributed by atoms with Gasteiger partial charge in [-0.2, -0.15) is 0 Å². The second-order valence-electron chi connectivity index (χ2n) is 4.35. The van der Waals surface area contributed by atoms with Gasteiger partial charge in [0, 0.05) is 7.11 Å². The van der Waals surface area contributed by atoms with Crippen LogP contribution in [0, 0.1) is 6.92 Å². The lowest BCUT2D eigenvalue weighted by molar-refractivity contribution is 0.202. The van der Waals surface area contributed by atoms with E-state index in [0.29, 0.717) is 24.4 Å². The molecule has 0 saturated heterocycles. The lowest BCUT2D eigenvalue weighted by atomic mass is 10.1. The first-order valence-corrected chi connectivity index (χ1v) is 8.84. The lowest BCUT2D eigenvalue weighted by Gasteiger charge is -2.11. The summed E-state index contributed by atoms with van der Waals surface area (Å²) in [5.41, 5.74) is 1.81. The first-order chi connectivity index (χ1) is 9.94. The number of halogens is 1. The molecule has 0 aliphatic rings. The normalized spacial score (nSPS) is 11.6. The Bertz CT molecular complexity index is 729. The summed E-state index contributed by atoms with van der Waals surface area (Å²) in [4.78, 5) is 3.94. The standard InChI is InChI=1S/C13H15ClN2O3S2/c1-9-12(20-13(14)15-9)21(17,18)16-11-6-4-3-5-10(11)7-8-19-2/h3-6,16H,7-8H2,1-2H3. The number of aromatic nitrogens is 1. The predicted octanol–water partition coefficient (Wildman–Crippen LogP) is 3.09. The van der Waals surface area contributed by atoms with E-state index in [4.69, 9.17) is 16.3 Å². The van der Waals surface area contributed by atoms with Crippen LogP contribution in [-0.2, 0) is 21.2 Å². The van der Waals surface area contributed by atoms with Crippen molar-refractivity contribution in [1.29, 1.82) is 0 Å². The van der Waals surface area contributed by atoms with Gasteiger partial charge in [-0.25, -0.2) is 13.4 Å². The lowest BCUT2D eigenvalue weighted by Crippen LogP contribution is -2.14. The van der Waals surface area contributed by atoms with Crippen molar-refractivity contribution in [2.75, 3.05) is 18.4 Å². The van der Waals surface area contributed by atoms with Crippen molar-refractivity contribution in [2.24, 2.45) is 0 Å². The van der Waals surface area contributed by atoms with Crippen molar-refractivity contribution < 1.29 is 13.2 Å². The molecule has 114 valence electrons. The second kappa shape index (κ2) is 6.74. The number of nitrogens with one attached hydrogen (secondary N) is 1. The molecule has 0 aliphatic carbocycles. The number of rotatable bonds is 6. The number of anilines is 1. The SMILES string of the molecule is COCCc1ccccc1NS(=O)(=O)c1sc(Cl)nc1C. The predicted molar refractivity (Wildman–Crippen MR) is 84.7 cm³/mol. The fourth-order valence-corrected chi connectivity index (χ4v) is 4.68. The molecule has 0 radical (unpaired) electrons. The van der Waals surface area contributed by atoms with Crippen LogP contribution in [0.1, 0.15) is 11.3 Å². The van der Waals surface area contributed by atoms with E-state index < -0.39 is 10.0 Å². The van der Waals surface area contributed by atoms with E-state index >= 15 is 0 Å². The van der Waals surface area contributed by atoms with Gasteiger partial charge < -0.3 is 4.74 Å². The van der Waals surface area contributed by atoms with Gasteiger partial charge in [-0.15, -0.1) is 0 Å². The maximum Gasteiger partial charge on any atom is 0.273 e. The van der Waals surface area contributed by atoms with E-state index in [1.807, 2.05) is 12.1 Å². The minimum atomic E-state index is -3.69. The highest BCUT2D eigenvalue weighted by Crippen LogP contribution is 2.29. The van der Waals surface area contributed by atoms with Crippen LogP contribution in [0.2, 0.25) is 4.47 Å². The van der Waals surface area contributed by atoms with Crippen molar-refractivity contribution in [1.82, 2.24) is 4.98 Å². The third kappa shape index (κ3) is 3.94. The summed E-state index contributed by atoms with van der Waals surface area (Å²) >= 11 is 6.72. The molecule has 0 fully saturated rings. The first kappa shape index (κ1) is 16.2. The highest BCUT2D eigenvalue weighted by atomic mass is 35.5. The Balaban J connectivity index is 2.31. The fraction of sp³-hybridized carbons (Fsp3) is 0.308. The van der Waals surface area contributed by atoms with E-state index in [2.05, 4.69) is 9.71 Å². The molecule has 1 heterocycles. The monoisotopic (exact) mass is 346 g/mol. The van der Waals surface area contributed by atoms with Crippen molar-refractivity contribution in [3.8, 4) is 0 Å². The summed E-state index contributed by atoms with van der Waals surface area (Å²) in [5.74, 6) is 0. The van der Waals surface area contributed by atoms with Gasteiger partial charge >= 0.3 is 0 Å². The van der Waals surface area contributed by atoms with Crippen LogP contribution < -0.4 is 4.72 Å². The average molecular weight is 347 g/mol. The molecule has 1 N–H and O–H groups in total. The maximum absolute atomic E-state index is 12.4. The largest absolute Gasteiger partial charge is 0.384 e. The third-order valence-corrected chi connectivity index (χ3v) is 6.05. The Labute approximate surface area is 133 Å². The van der Waals surface area contributed by atoms with Crippen LogP contribution in [-0.4, -0.2) is 27.1 Å². The molecule has 21 heavy (non-hydrogen) atoms. The Hall–Kier alpha value is -1.15. The van der Waals surface area contributed by atoms with Crippen LogP contribution in [0.4, 0.5) is 5.69 Å². The van der Waals surface area contributed by atoms with E-state index in [1.165, 1.54) is 0 Å². The van der Waals surface area contributed by atoms with Gasteiger partial charge in [0.15, 0.2) is 8.68 Å². The number of nitrogens with zero attached hydrogens (tertiary/aromatic N) is 1. The number of methoxy groups -OCH3 is 1. The average Bonchev–Trinajstić information content (AvgIpc) is 2.77. The summed E-state index contributed by atoms with van der Waals surface area (Å²) in [6, 6.07) is 7.22. The Morgan fingerprint density at radius 1 is 1.38 bits per heavy atom. The fourth-order valence-electron chi connectivity index (χ4n) is 1.84. The molecule has 1 aromatic heterocycles. The van der Waals surface area contributed by atoms with Crippen LogP contribution in [0.15, 0.2) is 28.5 Å². The van der Waals surface area contributed by atoms with E-state index in [0.717, 1.165) is 16.9 Å². The van der Waals surface area contributed by atoms with Crippen molar-refractivity contribution in [3.05, 3.63) is 40.0 Å². The molecule has 2 aromatic rings. The number of ether oxygens (including phenoxy) is 1. The smallest absolute Gasteiger partial charge is 0.273 e. The summed E-state index contributed by atoms with van der Waals surface area (Å²) < 4.78 is 32.8. The van der Waals surface area contributed by atoms with Gasteiger partial charge in [-0.05, 0) is 25.0 Å². The molecule has 0 aliphatic heterocycles. The topological polar surface area (TPSA) is 68.3 Å². The third-order valence-electron chi connectivity index (χ3n) is 2.81. The molecular formula is C13H15ClN2O3S2. The van der Waals surface area contributed by atoms with Gasteiger partial charge in [-0.3, -0.25) is 4.72 Å².